The molecule has 3 aromatic rings. The first kappa shape index (κ1) is 6.65. The Bertz CT molecular complexity index is 575. The first-order valence-electron chi connectivity index (χ1n) is 4.12. The average molecular weight is 172 g/mol. The van der Waals surface area contributed by atoms with Crippen LogP contribution < -0.4 is 0 Å². The van der Waals surface area contributed by atoms with Crippen molar-refractivity contribution in [1.82, 2.24) is 20.0 Å². The van der Waals surface area contributed by atoms with E-state index in [-0.39, 0.29) is 0 Å². The van der Waals surface area contributed by atoms with Gasteiger partial charge in [-0.25, -0.2) is 4.68 Å². The van der Waals surface area contributed by atoms with E-state index in [0.29, 0.717) is 0 Å². The number of rotatable bonds is 0. The highest BCUT2D eigenvalue weighted by Gasteiger charge is 2.07. The van der Waals surface area contributed by atoms with Crippen LogP contribution in [0.15, 0.2) is 24.3 Å². The molecule has 13 heavy (non-hydrogen) atoms. The fraction of sp³-hybridized carbons (Fsp3) is 0.111. The summed E-state index contributed by atoms with van der Waals surface area (Å²) in [6.07, 6.45) is 0. The van der Waals surface area contributed by atoms with Crippen molar-refractivity contribution < 1.29 is 0 Å². The molecule has 0 amide bonds. The number of nitrogens with zero attached hydrogens (tertiary/aromatic N) is 3. The zero-order valence-electron chi connectivity index (χ0n) is 7.15. The minimum atomic E-state index is 0.943. The highest BCUT2D eigenvalue weighted by Crippen LogP contribution is 2.21. The van der Waals surface area contributed by atoms with Crippen molar-refractivity contribution in [3.05, 3.63) is 24.3 Å². The molecule has 0 fully saturated rings. The second-order valence-electron chi connectivity index (χ2n) is 3.08. The van der Waals surface area contributed by atoms with Crippen molar-refractivity contribution in [3.8, 4) is 0 Å². The van der Waals surface area contributed by atoms with E-state index in [4.69, 9.17) is 0 Å². The Labute approximate surface area is 74.2 Å². The molecule has 1 N–H and O–H groups in total. The topological polar surface area (TPSA) is 46.5 Å². The largest absolute Gasteiger partial charge is 0.338 e. The fourth-order valence-electron chi connectivity index (χ4n) is 1.60. The van der Waals surface area contributed by atoms with Gasteiger partial charge in [0.15, 0.2) is 5.65 Å². The lowest BCUT2D eigenvalue weighted by Gasteiger charge is -1.86. The van der Waals surface area contributed by atoms with E-state index in [1.165, 1.54) is 0 Å². The summed E-state index contributed by atoms with van der Waals surface area (Å²) in [4.78, 5) is 3.26. The molecule has 0 atom stereocenters. The van der Waals surface area contributed by atoms with Crippen LogP contribution in [0.2, 0.25) is 0 Å². The summed E-state index contributed by atoms with van der Waals surface area (Å²) in [5.41, 5.74) is 3.03. The summed E-state index contributed by atoms with van der Waals surface area (Å²) in [6, 6.07) is 8.09. The van der Waals surface area contributed by atoms with E-state index in [1.807, 2.05) is 31.3 Å². The predicted molar refractivity (Wildman–Crippen MR) is 50.4 cm³/mol. The third-order valence-electron chi connectivity index (χ3n) is 2.26. The van der Waals surface area contributed by atoms with E-state index >= 15 is 0 Å². The maximum absolute atomic E-state index is 4.09. The van der Waals surface area contributed by atoms with Crippen LogP contribution in [0.25, 0.3) is 22.1 Å². The van der Waals surface area contributed by atoms with E-state index in [2.05, 4.69) is 15.3 Å². The van der Waals surface area contributed by atoms with Gasteiger partial charge in [0.2, 0.25) is 0 Å². The number of fused-ring (bicyclic) bond motifs is 3. The molecular weight excluding hydrogens is 164 g/mol. The van der Waals surface area contributed by atoms with Crippen LogP contribution in [0.4, 0.5) is 0 Å². The highest BCUT2D eigenvalue weighted by molar-refractivity contribution is 6.03. The molecule has 64 valence electrons. The van der Waals surface area contributed by atoms with Gasteiger partial charge in [0.25, 0.3) is 0 Å². The van der Waals surface area contributed by atoms with Crippen LogP contribution >= 0.6 is 0 Å². The van der Waals surface area contributed by atoms with Crippen molar-refractivity contribution >= 4 is 22.1 Å². The minimum Gasteiger partial charge on any atom is -0.338 e. The second kappa shape index (κ2) is 2.10. The fourth-order valence-corrected chi connectivity index (χ4v) is 1.60. The molecule has 0 unspecified atom stereocenters. The Morgan fingerprint density at radius 2 is 2.15 bits per heavy atom. The quantitative estimate of drug-likeness (QED) is 0.557. The van der Waals surface area contributed by atoms with Crippen molar-refractivity contribution in [2.24, 2.45) is 7.05 Å². The van der Waals surface area contributed by atoms with Crippen LogP contribution in [-0.2, 0) is 7.05 Å². The summed E-state index contributed by atoms with van der Waals surface area (Å²) >= 11 is 0. The summed E-state index contributed by atoms with van der Waals surface area (Å²) in [5, 5.41) is 9.16. The number of H-pyrrole nitrogens is 1. The smallest absolute Gasteiger partial charge is 0.157 e. The molecular formula is C9H8N4. The lowest BCUT2D eigenvalue weighted by atomic mass is 10.2. The van der Waals surface area contributed by atoms with Gasteiger partial charge in [0.05, 0.1) is 0 Å². The molecule has 0 saturated carbocycles. The summed E-state index contributed by atoms with van der Waals surface area (Å²) in [6.45, 7) is 0. The number of hydrogen-bond acceptors (Lipinski definition) is 2. The van der Waals surface area contributed by atoms with E-state index in [0.717, 1.165) is 22.1 Å². The Morgan fingerprint density at radius 3 is 3.08 bits per heavy atom. The molecule has 2 heterocycles. The number of aryl methyl sites for hydroxylation is 1. The number of para-hydroxylation sites is 1. The van der Waals surface area contributed by atoms with Crippen molar-refractivity contribution in [3.63, 3.8) is 0 Å². The van der Waals surface area contributed by atoms with E-state index in [1.54, 1.807) is 4.68 Å². The molecule has 0 spiro atoms. The monoisotopic (exact) mass is 172 g/mol. The second-order valence-corrected chi connectivity index (χ2v) is 3.08. The van der Waals surface area contributed by atoms with Crippen LogP contribution in [0.1, 0.15) is 0 Å². The van der Waals surface area contributed by atoms with Crippen LogP contribution in [-0.4, -0.2) is 20.0 Å². The first-order chi connectivity index (χ1) is 6.36. The van der Waals surface area contributed by atoms with E-state index in [9.17, 15) is 0 Å². The number of nitrogens with one attached hydrogen (secondary N) is 1. The number of aromatic nitrogens is 4. The summed E-state index contributed by atoms with van der Waals surface area (Å²) in [7, 11) is 1.88. The third kappa shape index (κ3) is 0.744. The zero-order chi connectivity index (χ0) is 8.84. The van der Waals surface area contributed by atoms with Gasteiger partial charge < -0.3 is 4.98 Å². The molecule has 0 radical (unpaired) electrons. The Kier molecular flexibility index (Phi) is 1.07. The van der Waals surface area contributed by atoms with Gasteiger partial charge >= 0.3 is 0 Å². The standard InChI is InChI=1S/C9H8N4/c1-13-9-8(11-12-13)6-4-2-3-5-7(6)10-9/h2-5,10H,1H3. The molecule has 1 aromatic carbocycles. The van der Waals surface area contributed by atoms with E-state index < -0.39 is 0 Å². The third-order valence-corrected chi connectivity index (χ3v) is 2.26. The number of hydrogen-bond donors (Lipinski definition) is 1. The highest BCUT2D eigenvalue weighted by atomic mass is 15.4. The predicted octanol–water partition coefficient (Wildman–Crippen LogP) is 1.45. The Balaban J connectivity index is 2.64. The lowest BCUT2D eigenvalue weighted by molar-refractivity contribution is 0.730. The van der Waals surface area contributed by atoms with Crippen molar-refractivity contribution in [1.29, 1.82) is 0 Å². The van der Waals surface area contributed by atoms with Gasteiger partial charge in [-0.1, -0.05) is 23.4 Å². The molecule has 0 bridgehead atoms. The maximum atomic E-state index is 4.09. The van der Waals surface area contributed by atoms with Gasteiger partial charge in [-0.2, -0.15) is 0 Å². The average Bonchev–Trinajstić information content (AvgIpc) is 2.67. The molecule has 0 aliphatic carbocycles. The number of aromatic amines is 1. The molecule has 4 nitrogen and oxygen atoms in total. The number of benzene rings is 1. The summed E-state index contributed by atoms with van der Waals surface area (Å²) < 4.78 is 1.75. The summed E-state index contributed by atoms with van der Waals surface area (Å²) in [5.74, 6) is 0. The van der Waals surface area contributed by atoms with Gasteiger partial charge in [-0.3, -0.25) is 0 Å². The molecule has 0 aliphatic rings. The van der Waals surface area contributed by atoms with Crippen molar-refractivity contribution in [2.75, 3.05) is 0 Å². The normalized spacial score (nSPS) is 11.5. The minimum absolute atomic E-state index is 0.943. The first-order valence-corrected chi connectivity index (χ1v) is 4.12. The van der Waals surface area contributed by atoms with Gasteiger partial charge in [-0.15, -0.1) is 5.10 Å². The molecule has 2 aromatic heterocycles. The van der Waals surface area contributed by atoms with Crippen LogP contribution in [0.5, 0.6) is 0 Å². The lowest BCUT2D eigenvalue weighted by Crippen LogP contribution is -1.90. The molecule has 3 rings (SSSR count). The molecule has 0 aliphatic heterocycles. The van der Waals surface area contributed by atoms with Gasteiger partial charge in [0, 0.05) is 18.0 Å². The maximum Gasteiger partial charge on any atom is 0.157 e. The van der Waals surface area contributed by atoms with Crippen LogP contribution in [0, 0.1) is 0 Å². The Hall–Kier alpha value is -1.84. The Morgan fingerprint density at radius 1 is 1.31 bits per heavy atom. The van der Waals surface area contributed by atoms with Crippen LogP contribution in [0.3, 0.4) is 0 Å². The van der Waals surface area contributed by atoms with Gasteiger partial charge in [0.1, 0.15) is 5.52 Å². The van der Waals surface area contributed by atoms with Crippen molar-refractivity contribution in [2.45, 2.75) is 0 Å². The molecule has 0 saturated heterocycles. The molecule has 4 heteroatoms. The SMILES string of the molecule is Cn1nnc2c3ccccc3[nH]c21. The van der Waals surface area contributed by atoms with Gasteiger partial charge in [-0.05, 0) is 6.07 Å². The zero-order valence-corrected chi connectivity index (χ0v) is 7.15.